The van der Waals surface area contributed by atoms with Gasteiger partial charge in [0.2, 0.25) is 0 Å². The third kappa shape index (κ3) is 4.51. The van der Waals surface area contributed by atoms with Crippen LogP contribution in [0, 0.1) is 0 Å². The fourth-order valence-electron chi connectivity index (χ4n) is 1.51. The maximum absolute atomic E-state index is 10.5. The second-order valence-electron chi connectivity index (χ2n) is 4.02. The van der Waals surface area contributed by atoms with Crippen molar-refractivity contribution in [1.82, 2.24) is 9.97 Å². The van der Waals surface area contributed by atoms with Crippen LogP contribution in [0.5, 0.6) is 0 Å². The molecule has 1 aromatic heterocycles. The Kier molecular flexibility index (Phi) is 4.89. The normalized spacial score (nSPS) is 10.1. The lowest BCUT2D eigenvalue weighted by Crippen LogP contribution is -2.13. The number of hydrogen-bond donors (Lipinski definition) is 3. The van der Waals surface area contributed by atoms with Crippen LogP contribution in [0.15, 0.2) is 41.1 Å². The first-order chi connectivity index (χ1) is 9.63. The van der Waals surface area contributed by atoms with Crippen molar-refractivity contribution in [3.8, 4) is 0 Å². The van der Waals surface area contributed by atoms with Gasteiger partial charge in [-0.3, -0.25) is 4.79 Å². The van der Waals surface area contributed by atoms with Crippen molar-refractivity contribution in [2.24, 2.45) is 0 Å². The third-order valence-corrected chi connectivity index (χ3v) is 3.00. The molecule has 0 atom stereocenters. The predicted molar refractivity (Wildman–Crippen MR) is 79.6 cm³/mol. The van der Waals surface area contributed by atoms with Crippen LogP contribution >= 0.6 is 15.9 Å². The number of halogens is 1. The van der Waals surface area contributed by atoms with E-state index >= 15 is 0 Å². The van der Waals surface area contributed by atoms with E-state index in [4.69, 9.17) is 5.11 Å². The molecule has 1 aromatic carbocycles. The summed E-state index contributed by atoms with van der Waals surface area (Å²) in [6.45, 7) is 0.450. The van der Waals surface area contributed by atoms with E-state index in [2.05, 4.69) is 36.5 Å². The van der Waals surface area contributed by atoms with Crippen molar-refractivity contribution in [2.75, 3.05) is 17.2 Å². The van der Waals surface area contributed by atoms with Crippen molar-refractivity contribution in [2.45, 2.75) is 6.54 Å². The minimum Gasteiger partial charge on any atom is -0.480 e. The first-order valence-electron chi connectivity index (χ1n) is 5.89. The summed E-state index contributed by atoms with van der Waals surface area (Å²) in [5.74, 6) is 0.171. The largest absolute Gasteiger partial charge is 0.480 e. The maximum Gasteiger partial charge on any atom is 0.322 e. The monoisotopic (exact) mass is 336 g/mol. The van der Waals surface area contributed by atoms with Crippen LogP contribution in [0.25, 0.3) is 0 Å². The van der Waals surface area contributed by atoms with Crippen molar-refractivity contribution in [1.29, 1.82) is 0 Å². The zero-order valence-electron chi connectivity index (χ0n) is 10.5. The number of nitrogens with zero attached hydrogens (tertiary/aromatic N) is 2. The van der Waals surface area contributed by atoms with E-state index in [0.717, 1.165) is 10.0 Å². The minimum absolute atomic E-state index is 0.177. The summed E-state index contributed by atoms with van der Waals surface area (Å²) >= 11 is 3.38. The molecule has 20 heavy (non-hydrogen) atoms. The van der Waals surface area contributed by atoms with Crippen molar-refractivity contribution >= 4 is 33.5 Å². The molecule has 0 aliphatic heterocycles. The standard InChI is InChI=1S/C13H13BrN4O2/c14-10-3-1-9(2-4-10)6-15-11-5-12(18-8-17-11)16-7-13(19)20/h1-5,8H,6-7H2,(H,19,20)(H2,15,16,17,18). The molecule has 2 rings (SSSR count). The quantitative estimate of drug-likeness (QED) is 0.750. The lowest BCUT2D eigenvalue weighted by Gasteiger charge is -2.07. The van der Waals surface area contributed by atoms with Gasteiger partial charge in [0.25, 0.3) is 0 Å². The average Bonchev–Trinajstić information content (AvgIpc) is 2.45. The fourth-order valence-corrected chi connectivity index (χ4v) is 1.78. The first kappa shape index (κ1) is 14.3. The summed E-state index contributed by atoms with van der Waals surface area (Å²) in [7, 11) is 0. The van der Waals surface area contributed by atoms with E-state index in [0.29, 0.717) is 18.2 Å². The number of rotatable bonds is 6. The number of benzene rings is 1. The Bertz CT molecular complexity index is 589. The lowest BCUT2D eigenvalue weighted by molar-refractivity contribution is -0.134. The zero-order chi connectivity index (χ0) is 14.4. The highest BCUT2D eigenvalue weighted by Gasteiger charge is 2.01. The lowest BCUT2D eigenvalue weighted by atomic mass is 10.2. The molecule has 0 aliphatic carbocycles. The van der Waals surface area contributed by atoms with Gasteiger partial charge in [0.05, 0.1) is 0 Å². The first-order valence-corrected chi connectivity index (χ1v) is 6.69. The number of carbonyl (C=O) groups is 1. The van der Waals surface area contributed by atoms with E-state index < -0.39 is 5.97 Å². The highest BCUT2D eigenvalue weighted by atomic mass is 79.9. The number of aliphatic carboxylic acids is 1. The molecular formula is C13H13BrN4O2. The van der Waals surface area contributed by atoms with E-state index in [1.807, 2.05) is 24.3 Å². The molecule has 0 saturated carbocycles. The van der Waals surface area contributed by atoms with Crippen LogP contribution in [0.3, 0.4) is 0 Å². The van der Waals surface area contributed by atoms with Gasteiger partial charge in [-0.2, -0.15) is 0 Å². The minimum atomic E-state index is -0.937. The van der Waals surface area contributed by atoms with Gasteiger partial charge in [0.1, 0.15) is 24.5 Å². The maximum atomic E-state index is 10.5. The van der Waals surface area contributed by atoms with E-state index in [-0.39, 0.29) is 6.54 Å². The molecule has 2 aromatic rings. The summed E-state index contributed by atoms with van der Waals surface area (Å²) in [6, 6.07) is 9.61. The van der Waals surface area contributed by atoms with Crippen LogP contribution in [-0.2, 0) is 11.3 Å². The predicted octanol–water partition coefficient (Wildman–Crippen LogP) is 2.35. The Morgan fingerprint density at radius 1 is 1.15 bits per heavy atom. The van der Waals surface area contributed by atoms with Gasteiger partial charge in [-0.25, -0.2) is 9.97 Å². The number of carboxylic acid groups (broad SMARTS) is 1. The Morgan fingerprint density at radius 2 is 1.80 bits per heavy atom. The van der Waals surface area contributed by atoms with Crippen LogP contribution in [0.2, 0.25) is 0 Å². The zero-order valence-corrected chi connectivity index (χ0v) is 12.1. The molecule has 0 aliphatic rings. The van der Waals surface area contributed by atoms with E-state index in [1.54, 1.807) is 6.07 Å². The molecule has 0 amide bonds. The van der Waals surface area contributed by atoms with Crippen LogP contribution in [-0.4, -0.2) is 27.6 Å². The van der Waals surface area contributed by atoms with Gasteiger partial charge in [-0.15, -0.1) is 0 Å². The fraction of sp³-hybridized carbons (Fsp3) is 0.154. The molecule has 7 heteroatoms. The number of anilines is 2. The van der Waals surface area contributed by atoms with Crippen molar-refractivity contribution in [3.05, 3.63) is 46.7 Å². The average molecular weight is 337 g/mol. The summed E-state index contributed by atoms with van der Waals surface area (Å²) in [4.78, 5) is 18.5. The molecular weight excluding hydrogens is 324 g/mol. The van der Waals surface area contributed by atoms with E-state index in [9.17, 15) is 4.79 Å². The molecule has 0 unspecified atom stereocenters. The van der Waals surface area contributed by atoms with E-state index in [1.165, 1.54) is 6.33 Å². The molecule has 0 saturated heterocycles. The van der Waals surface area contributed by atoms with Gasteiger partial charge < -0.3 is 15.7 Å². The molecule has 1 heterocycles. The number of hydrogen-bond acceptors (Lipinski definition) is 5. The van der Waals surface area contributed by atoms with Crippen LogP contribution in [0.1, 0.15) is 5.56 Å². The van der Waals surface area contributed by atoms with Crippen LogP contribution in [0.4, 0.5) is 11.6 Å². The van der Waals surface area contributed by atoms with Gasteiger partial charge in [-0.05, 0) is 17.7 Å². The third-order valence-electron chi connectivity index (χ3n) is 2.47. The highest BCUT2D eigenvalue weighted by molar-refractivity contribution is 9.10. The van der Waals surface area contributed by atoms with Gasteiger partial charge >= 0.3 is 5.97 Å². The molecule has 0 radical (unpaired) electrons. The van der Waals surface area contributed by atoms with Crippen molar-refractivity contribution < 1.29 is 9.90 Å². The molecule has 0 spiro atoms. The summed E-state index contributed by atoms with van der Waals surface area (Å²) in [5, 5.41) is 14.4. The summed E-state index contributed by atoms with van der Waals surface area (Å²) in [6.07, 6.45) is 1.38. The highest BCUT2D eigenvalue weighted by Crippen LogP contribution is 2.13. The van der Waals surface area contributed by atoms with Gasteiger partial charge in [-0.1, -0.05) is 28.1 Å². The number of aromatic nitrogens is 2. The summed E-state index contributed by atoms with van der Waals surface area (Å²) in [5.41, 5.74) is 1.12. The Morgan fingerprint density at radius 3 is 2.45 bits per heavy atom. The molecule has 0 bridgehead atoms. The molecule has 104 valence electrons. The Hall–Kier alpha value is -2.15. The molecule has 6 nitrogen and oxygen atoms in total. The van der Waals surface area contributed by atoms with Gasteiger partial charge in [0, 0.05) is 17.1 Å². The smallest absolute Gasteiger partial charge is 0.322 e. The van der Waals surface area contributed by atoms with Crippen LogP contribution < -0.4 is 10.6 Å². The molecule has 3 N–H and O–H groups in total. The topological polar surface area (TPSA) is 87.1 Å². The number of nitrogens with one attached hydrogen (secondary N) is 2. The Balaban J connectivity index is 1.94. The Labute approximate surface area is 124 Å². The second kappa shape index (κ2) is 6.85. The molecule has 0 fully saturated rings. The second-order valence-corrected chi connectivity index (χ2v) is 4.93. The van der Waals surface area contributed by atoms with Crippen molar-refractivity contribution in [3.63, 3.8) is 0 Å². The van der Waals surface area contributed by atoms with Gasteiger partial charge in [0.15, 0.2) is 0 Å². The number of carboxylic acids is 1. The SMILES string of the molecule is O=C(O)CNc1cc(NCc2ccc(Br)cc2)ncn1. The summed E-state index contributed by atoms with van der Waals surface area (Å²) < 4.78 is 1.03.